The van der Waals surface area contributed by atoms with E-state index in [-0.39, 0.29) is 15.7 Å². The van der Waals surface area contributed by atoms with Crippen LogP contribution in [0.5, 0.6) is 0 Å². The lowest BCUT2D eigenvalue weighted by Gasteiger charge is -2.07. The summed E-state index contributed by atoms with van der Waals surface area (Å²) in [5.41, 5.74) is 0.241. The van der Waals surface area contributed by atoms with Crippen LogP contribution in [0.4, 0.5) is 5.69 Å². The van der Waals surface area contributed by atoms with Gasteiger partial charge in [-0.1, -0.05) is 23.2 Å². The van der Waals surface area contributed by atoms with E-state index in [0.29, 0.717) is 5.56 Å². The molecule has 0 amide bonds. The van der Waals surface area contributed by atoms with Gasteiger partial charge in [-0.25, -0.2) is 0 Å². The number of halogens is 2. The summed E-state index contributed by atoms with van der Waals surface area (Å²) >= 11 is 11.6. The van der Waals surface area contributed by atoms with Crippen LogP contribution in [-0.4, -0.2) is 4.92 Å². The summed E-state index contributed by atoms with van der Waals surface area (Å²) in [7, 11) is 0. The number of nitro benzene ring substituents is 1. The molecule has 0 aromatic heterocycles. The van der Waals surface area contributed by atoms with Gasteiger partial charge in [-0.2, -0.15) is 5.26 Å². The molecule has 0 aliphatic rings. The third-order valence-corrected chi connectivity index (χ3v) is 2.53. The molecule has 1 rings (SSSR count). The van der Waals surface area contributed by atoms with Crippen LogP contribution in [0.15, 0.2) is 12.1 Å². The average Bonchev–Trinajstić information content (AvgIpc) is 2.16. The Morgan fingerprint density at radius 2 is 1.93 bits per heavy atom. The second kappa shape index (κ2) is 4.47. The lowest BCUT2D eigenvalue weighted by molar-refractivity contribution is -0.384. The Balaban J connectivity index is 3.35. The smallest absolute Gasteiger partial charge is 0.258 e. The Morgan fingerprint density at radius 1 is 1.47 bits per heavy atom. The number of nitro groups is 1. The van der Waals surface area contributed by atoms with Gasteiger partial charge in [-0.05, 0) is 6.92 Å². The Morgan fingerprint density at radius 3 is 2.27 bits per heavy atom. The Bertz CT molecular complexity index is 431. The van der Waals surface area contributed by atoms with Gasteiger partial charge in [0.15, 0.2) is 0 Å². The largest absolute Gasteiger partial charge is 0.272 e. The van der Waals surface area contributed by atoms with Gasteiger partial charge >= 0.3 is 0 Å². The zero-order chi connectivity index (χ0) is 11.6. The van der Waals surface area contributed by atoms with E-state index in [1.807, 2.05) is 6.07 Å². The minimum Gasteiger partial charge on any atom is -0.258 e. The van der Waals surface area contributed by atoms with Crippen LogP contribution in [0.2, 0.25) is 10.0 Å². The van der Waals surface area contributed by atoms with Gasteiger partial charge in [0, 0.05) is 17.7 Å². The third-order valence-electron chi connectivity index (χ3n) is 1.90. The first-order valence-corrected chi connectivity index (χ1v) is 4.76. The molecule has 0 heterocycles. The number of non-ortho nitro benzene ring substituents is 1. The SMILES string of the molecule is CC(C#N)c1c(Cl)cc([N+](=O)[O-])cc1Cl. The summed E-state index contributed by atoms with van der Waals surface area (Å²) in [4.78, 5) is 9.89. The van der Waals surface area contributed by atoms with Crippen LogP contribution < -0.4 is 0 Å². The predicted octanol–water partition coefficient (Wildman–Crippen LogP) is 3.53. The number of hydrogen-bond acceptors (Lipinski definition) is 3. The third kappa shape index (κ3) is 2.38. The van der Waals surface area contributed by atoms with E-state index < -0.39 is 10.8 Å². The topological polar surface area (TPSA) is 66.9 Å². The van der Waals surface area contributed by atoms with E-state index in [2.05, 4.69) is 0 Å². The van der Waals surface area contributed by atoms with Crippen LogP contribution in [0, 0.1) is 21.4 Å². The molecule has 0 saturated heterocycles. The van der Waals surface area contributed by atoms with Crippen LogP contribution in [-0.2, 0) is 0 Å². The molecule has 0 saturated carbocycles. The predicted molar refractivity (Wildman–Crippen MR) is 57.1 cm³/mol. The van der Waals surface area contributed by atoms with E-state index in [0.717, 1.165) is 0 Å². The normalized spacial score (nSPS) is 11.9. The van der Waals surface area contributed by atoms with Crippen molar-refractivity contribution < 1.29 is 4.92 Å². The highest BCUT2D eigenvalue weighted by atomic mass is 35.5. The molecule has 1 aromatic carbocycles. The molecular weight excluding hydrogens is 239 g/mol. The van der Waals surface area contributed by atoms with Gasteiger partial charge in [0.05, 0.1) is 27.0 Å². The number of nitrogens with zero attached hydrogens (tertiary/aromatic N) is 2. The molecule has 6 heteroatoms. The summed E-state index contributed by atoms with van der Waals surface area (Å²) in [6.45, 7) is 1.62. The quantitative estimate of drug-likeness (QED) is 0.591. The molecule has 15 heavy (non-hydrogen) atoms. The highest BCUT2D eigenvalue weighted by Gasteiger charge is 2.18. The van der Waals surface area contributed by atoms with Crippen molar-refractivity contribution >= 4 is 28.9 Å². The molecule has 0 spiro atoms. The lowest BCUT2D eigenvalue weighted by atomic mass is 10.0. The monoisotopic (exact) mass is 244 g/mol. The molecule has 1 aromatic rings. The zero-order valence-electron chi connectivity index (χ0n) is 7.70. The van der Waals surface area contributed by atoms with E-state index in [1.165, 1.54) is 12.1 Å². The van der Waals surface area contributed by atoms with Gasteiger partial charge in [-0.3, -0.25) is 10.1 Å². The molecule has 0 N–H and O–H groups in total. The molecule has 4 nitrogen and oxygen atoms in total. The fourth-order valence-corrected chi connectivity index (χ4v) is 1.96. The molecule has 0 aliphatic carbocycles. The van der Waals surface area contributed by atoms with Gasteiger partial charge in [0.1, 0.15) is 0 Å². The van der Waals surface area contributed by atoms with Crippen molar-refractivity contribution in [3.05, 3.63) is 37.9 Å². The Hall–Kier alpha value is -1.31. The van der Waals surface area contributed by atoms with Crippen molar-refractivity contribution in [2.75, 3.05) is 0 Å². The number of hydrogen-bond donors (Lipinski definition) is 0. The summed E-state index contributed by atoms with van der Waals surface area (Å²) in [6, 6.07) is 4.35. The van der Waals surface area contributed by atoms with Crippen molar-refractivity contribution in [1.29, 1.82) is 5.26 Å². The first-order chi connectivity index (χ1) is 6.97. The van der Waals surface area contributed by atoms with E-state index in [9.17, 15) is 10.1 Å². The fraction of sp³-hybridized carbons (Fsp3) is 0.222. The van der Waals surface area contributed by atoms with Crippen LogP contribution in [0.25, 0.3) is 0 Å². The minimum absolute atomic E-state index is 0.142. The second-order valence-electron chi connectivity index (χ2n) is 2.93. The second-order valence-corrected chi connectivity index (χ2v) is 3.75. The maximum Gasteiger partial charge on any atom is 0.272 e. The molecule has 1 unspecified atom stereocenters. The Labute approximate surface area is 96.2 Å². The lowest BCUT2D eigenvalue weighted by Crippen LogP contribution is -1.95. The number of rotatable bonds is 2. The van der Waals surface area contributed by atoms with Gasteiger partial charge in [0.2, 0.25) is 0 Å². The number of benzene rings is 1. The first-order valence-electron chi connectivity index (χ1n) is 4.00. The molecule has 1 atom stereocenters. The maximum absolute atomic E-state index is 10.5. The summed E-state index contributed by atoms with van der Waals surface area (Å²) in [5.74, 6) is -0.495. The van der Waals surface area contributed by atoms with E-state index in [4.69, 9.17) is 28.5 Å². The first kappa shape index (κ1) is 11.8. The molecule has 0 aliphatic heterocycles. The van der Waals surface area contributed by atoms with Gasteiger partial charge in [-0.15, -0.1) is 0 Å². The van der Waals surface area contributed by atoms with Crippen molar-refractivity contribution in [2.24, 2.45) is 0 Å². The molecule has 0 fully saturated rings. The summed E-state index contributed by atoms with van der Waals surface area (Å²) in [6.07, 6.45) is 0. The van der Waals surface area contributed by atoms with E-state index >= 15 is 0 Å². The highest BCUT2D eigenvalue weighted by Crippen LogP contribution is 2.34. The van der Waals surface area contributed by atoms with Crippen molar-refractivity contribution in [2.45, 2.75) is 12.8 Å². The Kier molecular flexibility index (Phi) is 3.51. The van der Waals surface area contributed by atoms with Gasteiger partial charge in [0.25, 0.3) is 5.69 Å². The van der Waals surface area contributed by atoms with Crippen molar-refractivity contribution in [3.8, 4) is 6.07 Å². The average molecular weight is 245 g/mol. The van der Waals surface area contributed by atoms with Crippen molar-refractivity contribution in [1.82, 2.24) is 0 Å². The standard InChI is InChI=1S/C9H6Cl2N2O2/c1-5(4-12)9-7(10)2-6(13(14)15)3-8(9)11/h2-3,5H,1H3. The van der Waals surface area contributed by atoms with Crippen LogP contribution >= 0.6 is 23.2 Å². The number of nitriles is 1. The van der Waals surface area contributed by atoms with Crippen molar-refractivity contribution in [3.63, 3.8) is 0 Å². The summed E-state index contributed by atoms with van der Waals surface area (Å²) < 4.78 is 0. The zero-order valence-corrected chi connectivity index (χ0v) is 9.21. The van der Waals surface area contributed by atoms with Gasteiger partial charge < -0.3 is 0 Å². The maximum atomic E-state index is 10.5. The summed E-state index contributed by atoms with van der Waals surface area (Å²) in [5, 5.41) is 19.5. The minimum atomic E-state index is -0.585. The van der Waals surface area contributed by atoms with Crippen LogP contribution in [0.1, 0.15) is 18.4 Å². The highest BCUT2D eigenvalue weighted by molar-refractivity contribution is 6.36. The molecular formula is C9H6Cl2N2O2. The molecule has 0 radical (unpaired) electrons. The fourth-order valence-electron chi connectivity index (χ4n) is 1.15. The molecule has 78 valence electrons. The van der Waals surface area contributed by atoms with Crippen LogP contribution in [0.3, 0.4) is 0 Å². The molecule has 0 bridgehead atoms. The van der Waals surface area contributed by atoms with E-state index in [1.54, 1.807) is 6.92 Å².